The smallest absolute Gasteiger partial charge is 0.265 e. The molecule has 26 heavy (non-hydrogen) atoms. The predicted molar refractivity (Wildman–Crippen MR) is 103 cm³/mol. The van der Waals surface area contributed by atoms with E-state index < -0.39 is 0 Å². The van der Waals surface area contributed by atoms with Gasteiger partial charge in [-0.3, -0.25) is 4.79 Å². The van der Waals surface area contributed by atoms with E-state index in [0.29, 0.717) is 10.7 Å². The molecule has 0 aliphatic rings. The summed E-state index contributed by atoms with van der Waals surface area (Å²) in [5.74, 6) is 0. The summed E-state index contributed by atoms with van der Waals surface area (Å²) in [5.41, 5.74) is 1.76. The highest BCUT2D eigenvalue weighted by atomic mass is 32.1. The van der Waals surface area contributed by atoms with E-state index in [1.807, 2.05) is 54.6 Å². The van der Waals surface area contributed by atoms with Crippen LogP contribution in [0.25, 0.3) is 37.6 Å². The molecule has 0 spiro atoms. The third-order valence-electron chi connectivity index (χ3n) is 4.26. The second-order valence-electron chi connectivity index (χ2n) is 5.85. The Morgan fingerprint density at radius 1 is 0.808 bits per heavy atom. The van der Waals surface area contributed by atoms with Gasteiger partial charge >= 0.3 is 5.56 Å². The third kappa shape index (κ3) is 2.31. The minimum absolute atomic E-state index is 0.260. The summed E-state index contributed by atoms with van der Waals surface area (Å²) in [5, 5.41) is 15.9. The van der Waals surface area contributed by atoms with Crippen LogP contribution in [0.3, 0.4) is 0 Å². The van der Waals surface area contributed by atoms with Crippen molar-refractivity contribution >= 4 is 27.1 Å². The second-order valence-corrected chi connectivity index (χ2v) is 6.80. The van der Waals surface area contributed by atoms with Gasteiger partial charge in [-0.2, -0.15) is 9.61 Å². The Kier molecular flexibility index (Phi) is 3.36. The zero-order valence-corrected chi connectivity index (χ0v) is 14.4. The van der Waals surface area contributed by atoms with E-state index in [1.54, 1.807) is 0 Å². The van der Waals surface area contributed by atoms with Crippen LogP contribution in [0.4, 0.5) is 0 Å². The highest BCUT2D eigenvalue weighted by Crippen LogP contribution is 2.31. The molecule has 2 heterocycles. The quantitative estimate of drug-likeness (QED) is 0.479. The standard InChI is InChI=1S/C20H12N4OS/c25-19-17(14-8-2-1-3-9-14)21-22-20-24(19)23-18(26-20)16-12-6-10-13-7-4-5-11-15(13)16/h1-12H. The molecule has 0 amide bonds. The molecule has 3 aromatic carbocycles. The van der Waals surface area contributed by atoms with Gasteiger partial charge in [0.25, 0.3) is 0 Å². The topological polar surface area (TPSA) is 60.2 Å². The molecule has 2 aromatic heterocycles. The Hall–Kier alpha value is -3.38. The Morgan fingerprint density at radius 2 is 1.58 bits per heavy atom. The molecule has 0 radical (unpaired) electrons. The van der Waals surface area contributed by atoms with Crippen LogP contribution in [0.2, 0.25) is 0 Å². The first-order valence-electron chi connectivity index (χ1n) is 8.11. The van der Waals surface area contributed by atoms with Gasteiger partial charge in [0.2, 0.25) is 4.96 Å². The number of benzene rings is 3. The van der Waals surface area contributed by atoms with E-state index in [1.165, 1.54) is 15.9 Å². The molecule has 0 aliphatic carbocycles. The normalized spacial score (nSPS) is 11.2. The van der Waals surface area contributed by atoms with Gasteiger partial charge in [-0.15, -0.1) is 10.2 Å². The van der Waals surface area contributed by atoms with Crippen molar-refractivity contribution in [2.75, 3.05) is 0 Å². The molecule has 0 aliphatic heterocycles. The van der Waals surface area contributed by atoms with Gasteiger partial charge in [0.1, 0.15) is 5.01 Å². The zero-order valence-electron chi connectivity index (χ0n) is 13.5. The van der Waals surface area contributed by atoms with Gasteiger partial charge < -0.3 is 0 Å². The number of rotatable bonds is 2. The van der Waals surface area contributed by atoms with Crippen LogP contribution < -0.4 is 5.56 Å². The monoisotopic (exact) mass is 356 g/mol. The molecule has 0 saturated heterocycles. The summed E-state index contributed by atoms with van der Waals surface area (Å²) in [7, 11) is 0. The van der Waals surface area contributed by atoms with Gasteiger partial charge in [-0.05, 0) is 10.8 Å². The fraction of sp³-hybridized carbons (Fsp3) is 0. The number of hydrogen-bond donors (Lipinski definition) is 0. The Labute approximate surface area is 152 Å². The van der Waals surface area contributed by atoms with Crippen molar-refractivity contribution in [1.82, 2.24) is 19.8 Å². The average Bonchev–Trinajstić information content (AvgIpc) is 3.13. The van der Waals surface area contributed by atoms with Crippen LogP contribution >= 0.6 is 11.3 Å². The Morgan fingerprint density at radius 3 is 2.46 bits per heavy atom. The number of nitrogens with zero attached hydrogens (tertiary/aromatic N) is 4. The molecular weight excluding hydrogens is 344 g/mol. The first kappa shape index (κ1) is 14.9. The Balaban J connectivity index is 1.74. The maximum Gasteiger partial charge on any atom is 0.302 e. The van der Waals surface area contributed by atoms with Crippen molar-refractivity contribution < 1.29 is 0 Å². The third-order valence-corrected chi connectivity index (χ3v) is 5.19. The minimum atomic E-state index is -0.260. The molecule has 0 fully saturated rings. The van der Waals surface area contributed by atoms with E-state index in [4.69, 9.17) is 0 Å². The van der Waals surface area contributed by atoms with E-state index in [-0.39, 0.29) is 5.56 Å². The molecule has 0 atom stereocenters. The van der Waals surface area contributed by atoms with Gasteiger partial charge in [0.05, 0.1) is 0 Å². The van der Waals surface area contributed by atoms with Gasteiger partial charge in [-0.25, -0.2) is 0 Å². The van der Waals surface area contributed by atoms with Crippen molar-refractivity contribution in [3.8, 4) is 21.8 Å². The van der Waals surface area contributed by atoms with E-state index in [0.717, 1.165) is 26.9 Å². The maximum atomic E-state index is 12.8. The number of aromatic nitrogens is 4. The van der Waals surface area contributed by atoms with Crippen molar-refractivity contribution in [2.45, 2.75) is 0 Å². The molecule has 0 unspecified atom stereocenters. The fourth-order valence-corrected chi connectivity index (χ4v) is 3.89. The van der Waals surface area contributed by atoms with Gasteiger partial charge in [0.15, 0.2) is 5.69 Å². The molecule has 124 valence electrons. The van der Waals surface area contributed by atoms with E-state index >= 15 is 0 Å². The van der Waals surface area contributed by atoms with Crippen LogP contribution in [-0.4, -0.2) is 19.8 Å². The SMILES string of the molecule is O=c1c(-c2ccccc2)nnc2sc(-c3cccc4ccccc34)nn12. The molecule has 5 aromatic rings. The minimum Gasteiger partial charge on any atom is -0.265 e. The summed E-state index contributed by atoms with van der Waals surface area (Å²) < 4.78 is 1.34. The highest BCUT2D eigenvalue weighted by Gasteiger charge is 2.15. The largest absolute Gasteiger partial charge is 0.302 e. The molecule has 0 bridgehead atoms. The van der Waals surface area contributed by atoms with Crippen molar-refractivity contribution in [3.05, 3.63) is 83.2 Å². The highest BCUT2D eigenvalue weighted by molar-refractivity contribution is 7.19. The summed E-state index contributed by atoms with van der Waals surface area (Å²) >= 11 is 1.36. The summed E-state index contributed by atoms with van der Waals surface area (Å²) in [6.45, 7) is 0. The van der Waals surface area contributed by atoms with Crippen molar-refractivity contribution in [1.29, 1.82) is 0 Å². The summed E-state index contributed by atoms with van der Waals surface area (Å²) in [4.78, 5) is 13.3. The second kappa shape index (κ2) is 5.86. The molecule has 5 rings (SSSR count). The molecular formula is C20H12N4OS. The first-order chi connectivity index (χ1) is 12.8. The number of hydrogen-bond acceptors (Lipinski definition) is 5. The average molecular weight is 356 g/mol. The fourth-order valence-electron chi connectivity index (χ4n) is 3.01. The van der Waals surface area contributed by atoms with Gasteiger partial charge in [0, 0.05) is 11.1 Å². The summed E-state index contributed by atoms with van der Waals surface area (Å²) in [6, 6.07) is 23.5. The lowest BCUT2D eigenvalue weighted by Gasteiger charge is -2.02. The van der Waals surface area contributed by atoms with Crippen LogP contribution in [0.15, 0.2) is 77.6 Å². The van der Waals surface area contributed by atoms with E-state index in [2.05, 4.69) is 33.5 Å². The van der Waals surface area contributed by atoms with Crippen molar-refractivity contribution in [3.63, 3.8) is 0 Å². The maximum absolute atomic E-state index is 12.8. The summed E-state index contributed by atoms with van der Waals surface area (Å²) in [6.07, 6.45) is 0. The lowest BCUT2D eigenvalue weighted by molar-refractivity contribution is 0.862. The first-order valence-corrected chi connectivity index (χ1v) is 8.93. The Bertz CT molecular complexity index is 1300. The van der Waals surface area contributed by atoms with Crippen molar-refractivity contribution in [2.24, 2.45) is 0 Å². The molecule has 0 N–H and O–H groups in total. The van der Waals surface area contributed by atoms with Crippen LogP contribution in [-0.2, 0) is 0 Å². The molecule has 0 saturated carbocycles. The van der Waals surface area contributed by atoms with Crippen LogP contribution in [0.1, 0.15) is 0 Å². The predicted octanol–water partition coefficient (Wildman–Crippen LogP) is 4.03. The molecule has 6 heteroatoms. The molecule has 5 nitrogen and oxygen atoms in total. The van der Waals surface area contributed by atoms with E-state index in [9.17, 15) is 4.79 Å². The van der Waals surface area contributed by atoms with Crippen LogP contribution in [0.5, 0.6) is 0 Å². The van der Waals surface area contributed by atoms with Gasteiger partial charge in [-0.1, -0.05) is 84.1 Å². The number of fused-ring (bicyclic) bond motifs is 2. The van der Waals surface area contributed by atoms with Crippen LogP contribution in [0, 0.1) is 0 Å². The zero-order chi connectivity index (χ0) is 17.5. The lowest BCUT2D eigenvalue weighted by atomic mass is 10.1. The lowest BCUT2D eigenvalue weighted by Crippen LogP contribution is -2.19.